The van der Waals surface area contributed by atoms with Gasteiger partial charge in [0.1, 0.15) is 0 Å². The molecule has 1 N–H and O–H groups in total. The lowest BCUT2D eigenvalue weighted by Crippen LogP contribution is -2.32. The van der Waals surface area contributed by atoms with Gasteiger partial charge in [-0.1, -0.05) is 30.7 Å². The maximum Gasteiger partial charge on any atom is 0.276 e. The quantitative estimate of drug-likeness (QED) is 0.672. The van der Waals surface area contributed by atoms with Crippen LogP contribution in [0.5, 0.6) is 0 Å². The van der Waals surface area contributed by atoms with Crippen molar-refractivity contribution >= 4 is 11.8 Å². The summed E-state index contributed by atoms with van der Waals surface area (Å²) < 4.78 is 0. The Morgan fingerprint density at radius 3 is 2.75 bits per heavy atom. The van der Waals surface area contributed by atoms with Crippen LogP contribution in [0.15, 0.2) is 24.3 Å². The standard InChI is InChI=1S/C16H20N2O2/c19-18(20)16-6-3-5-14(12-7-8-12)15(16)10-9-13-4-1-2-11-17-13/h3,5-6,9-10,12-13,17H,1-2,4,7-8,11H2. The van der Waals surface area contributed by atoms with E-state index in [0.29, 0.717) is 12.0 Å². The van der Waals surface area contributed by atoms with E-state index < -0.39 is 0 Å². The second-order valence-electron chi connectivity index (χ2n) is 5.73. The molecule has 0 aromatic heterocycles. The van der Waals surface area contributed by atoms with Gasteiger partial charge < -0.3 is 5.32 Å². The van der Waals surface area contributed by atoms with Crippen LogP contribution in [0.25, 0.3) is 6.08 Å². The Morgan fingerprint density at radius 1 is 1.25 bits per heavy atom. The van der Waals surface area contributed by atoms with Crippen molar-refractivity contribution in [3.05, 3.63) is 45.5 Å². The van der Waals surface area contributed by atoms with Crippen LogP contribution < -0.4 is 5.32 Å². The fourth-order valence-electron chi connectivity index (χ4n) is 2.92. The first kappa shape index (κ1) is 13.3. The van der Waals surface area contributed by atoms with E-state index in [9.17, 15) is 10.1 Å². The molecule has 1 heterocycles. The zero-order chi connectivity index (χ0) is 13.9. The van der Waals surface area contributed by atoms with Crippen LogP contribution in [0.3, 0.4) is 0 Å². The Kier molecular flexibility index (Phi) is 3.83. The molecule has 2 fully saturated rings. The molecule has 1 saturated heterocycles. The maximum absolute atomic E-state index is 11.2. The predicted molar refractivity (Wildman–Crippen MR) is 79.7 cm³/mol. The summed E-state index contributed by atoms with van der Waals surface area (Å²) in [5, 5.41) is 14.7. The molecule has 3 rings (SSSR count). The van der Waals surface area contributed by atoms with Crippen molar-refractivity contribution in [2.75, 3.05) is 6.54 Å². The summed E-state index contributed by atoms with van der Waals surface area (Å²) in [5.41, 5.74) is 2.19. The average Bonchev–Trinajstić information content (AvgIpc) is 3.30. The summed E-state index contributed by atoms with van der Waals surface area (Å²) in [6, 6.07) is 5.82. The molecule has 0 spiro atoms. The molecular formula is C16H20N2O2. The molecule has 0 amide bonds. The van der Waals surface area contributed by atoms with Gasteiger partial charge in [0.15, 0.2) is 0 Å². The Labute approximate surface area is 119 Å². The third-order valence-electron chi connectivity index (χ3n) is 4.17. The van der Waals surface area contributed by atoms with Gasteiger partial charge in [-0.3, -0.25) is 10.1 Å². The molecule has 1 atom stereocenters. The average molecular weight is 272 g/mol. The number of piperidine rings is 1. The molecule has 4 heteroatoms. The van der Waals surface area contributed by atoms with Crippen LogP contribution in [-0.4, -0.2) is 17.5 Å². The van der Waals surface area contributed by atoms with Crippen molar-refractivity contribution < 1.29 is 4.92 Å². The van der Waals surface area contributed by atoms with E-state index in [1.165, 1.54) is 12.8 Å². The van der Waals surface area contributed by atoms with Gasteiger partial charge in [0.2, 0.25) is 0 Å². The van der Waals surface area contributed by atoms with Crippen molar-refractivity contribution in [3.8, 4) is 0 Å². The van der Waals surface area contributed by atoms with Crippen LogP contribution in [0.4, 0.5) is 5.69 Å². The Balaban J connectivity index is 1.89. The molecule has 4 nitrogen and oxygen atoms in total. The van der Waals surface area contributed by atoms with Crippen LogP contribution in [0, 0.1) is 10.1 Å². The normalized spacial score (nSPS) is 23.1. The van der Waals surface area contributed by atoms with Crippen molar-refractivity contribution in [2.24, 2.45) is 0 Å². The summed E-state index contributed by atoms with van der Waals surface area (Å²) >= 11 is 0. The predicted octanol–water partition coefficient (Wildman–Crippen LogP) is 3.63. The number of nitro benzene ring substituents is 1. The molecular weight excluding hydrogens is 252 g/mol. The number of hydrogen-bond acceptors (Lipinski definition) is 3. The smallest absolute Gasteiger partial charge is 0.276 e. The van der Waals surface area contributed by atoms with E-state index in [4.69, 9.17) is 0 Å². The van der Waals surface area contributed by atoms with Gasteiger partial charge in [0.25, 0.3) is 5.69 Å². The van der Waals surface area contributed by atoms with Crippen molar-refractivity contribution in [1.29, 1.82) is 0 Å². The fourth-order valence-corrected chi connectivity index (χ4v) is 2.92. The van der Waals surface area contributed by atoms with E-state index in [1.807, 2.05) is 18.2 Å². The summed E-state index contributed by atoms with van der Waals surface area (Å²) in [7, 11) is 0. The minimum atomic E-state index is -0.264. The molecule has 1 aliphatic heterocycles. The van der Waals surface area contributed by atoms with Crippen molar-refractivity contribution in [3.63, 3.8) is 0 Å². The summed E-state index contributed by atoms with van der Waals surface area (Å²) in [6.45, 7) is 1.04. The first-order valence-electron chi connectivity index (χ1n) is 7.44. The third-order valence-corrected chi connectivity index (χ3v) is 4.17. The molecule has 0 bridgehead atoms. The molecule has 1 aliphatic carbocycles. The SMILES string of the molecule is O=[N+]([O-])c1cccc(C2CC2)c1C=CC1CCCCN1. The maximum atomic E-state index is 11.2. The minimum absolute atomic E-state index is 0.237. The largest absolute Gasteiger partial charge is 0.311 e. The van der Waals surface area contributed by atoms with Gasteiger partial charge in [-0.2, -0.15) is 0 Å². The van der Waals surface area contributed by atoms with Crippen LogP contribution >= 0.6 is 0 Å². The van der Waals surface area contributed by atoms with Gasteiger partial charge in [-0.25, -0.2) is 0 Å². The highest BCUT2D eigenvalue weighted by atomic mass is 16.6. The number of rotatable bonds is 4. The highest BCUT2D eigenvalue weighted by Gasteiger charge is 2.28. The first-order chi connectivity index (χ1) is 9.75. The van der Waals surface area contributed by atoms with Crippen molar-refractivity contribution in [2.45, 2.75) is 44.1 Å². The molecule has 106 valence electrons. The Bertz CT molecular complexity index is 529. The summed E-state index contributed by atoms with van der Waals surface area (Å²) in [4.78, 5) is 11.0. The number of nitro groups is 1. The fraction of sp³-hybridized carbons (Fsp3) is 0.500. The summed E-state index contributed by atoms with van der Waals surface area (Å²) in [5.74, 6) is 0.522. The van der Waals surface area contributed by atoms with E-state index in [0.717, 1.165) is 36.9 Å². The molecule has 0 radical (unpaired) electrons. The molecule has 1 unspecified atom stereocenters. The monoisotopic (exact) mass is 272 g/mol. The lowest BCUT2D eigenvalue weighted by Gasteiger charge is -2.20. The second-order valence-corrected chi connectivity index (χ2v) is 5.73. The van der Waals surface area contributed by atoms with Crippen molar-refractivity contribution in [1.82, 2.24) is 5.32 Å². The van der Waals surface area contributed by atoms with Gasteiger partial charge in [0, 0.05) is 12.1 Å². The molecule has 20 heavy (non-hydrogen) atoms. The Morgan fingerprint density at radius 2 is 2.10 bits per heavy atom. The van der Waals surface area contributed by atoms with E-state index in [2.05, 4.69) is 11.4 Å². The van der Waals surface area contributed by atoms with Crippen LogP contribution in [0.1, 0.15) is 49.1 Å². The molecule has 1 aromatic rings. The highest BCUT2D eigenvalue weighted by molar-refractivity contribution is 5.66. The first-order valence-corrected chi connectivity index (χ1v) is 7.44. The zero-order valence-corrected chi connectivity index (χ0v) is 11.5. The highest BCUT2D eigenvalue weighted by Crippen LogP contribution is 2.44. The number of hydrogen-bond donors (Lipinski definition) is 1. The van der Waals surface area contributed by atoms with Crippen LogP contribution in [0.2, 0.25) is 0 Å². The molecule has 1 saturated carbocycles. The van der Waals surface area contributed by atoms with Gasteiger partial charge >= 0.3 is 0 Å². The lowest BCUT2D eigenvalue weighted by molar-refractivity contribution is -0.385. The lowest BCUT2D eigenvalue weighted by atomic mass is 9.98. The number of nitrogens with zero attached hydrogens (tertiary/aromatic N) is 1. The second kappa shape index (κ2) is 5.75. The van der Waals surface area contributed by atoms with E-state index >= 15 is 0 Å². The molecule has 2 aliphatic rings. The van der Waals surface area contributed by atoms with Gasteiger partial charge in [-0.05, 0) is 43.7 Å². The van der Waals surface area contributed by atoms with Crippen LogP contribution in [-0.2, 0) is 0 Å². The number of benzene rings is 1. The van der Waals surface area contributed by atoms with E-state index in [1.54, 1.807) is 6.07 Å². The summed E-state index contributed by atoms with van der Waals surface area (Å²) in [6.07, 6.45) is 9.96. The molecule has 1 aromatic carbocycles. The Hall–Kier alpha value is -1.68. The van der Waals surface area contributed by atoms with Gasteiger partial charge in [-0.15, -0.1) is 0 Å². The minimum Gasteiger partial charge on any atom is -0.311 e. The number of nitrogens with one attached hydrogen (secondary N) is 1. The van der Waals surface area contributed by atoms with E-state index in [-0.39, 0.29) is 10.6 Å². The third kappa shape index (κ3) is 2.90. The topological polar surface area (TPSA) is 55.2 Å². The zero-order valence-electron chi connectivity index (χ0n) is 11.5. The van der Waals surface area contributed by atoms with Gasteiger partial charge in [0.05, 0.1) is 10.5 Å².